The van der Waals surface area contributed by atoms with Crippen LogP contribution in [0.3, 0.4) is 0 Å². The predicted octanol–water partition coefficient (Wildman–Crippen LogP) is 4.79. The molecule has 0 saturated carbocycles. The molecule has 0 saturated heterocycles. The second-order valence-corrected chi connectivity index (χ2v) is 5.03. The van der Waals surface area contributed by atoms with Crippen LogP contribution in [-0.4, -0.2) is 13.7 Å². The molecule has 0 fully saturated rings. The van der Waals surface area contributed by atoms with Crippen molar-refractivity contribution < 1.29 is 31.5 Å². The van der Waals surface area contributed by atoms with Crippen molar-refractivity contribution in [2.24, 2.45) is 0 Å². The van der Waals surface area contributed by atoms with Crippen LogP contribution < -0.4 is 14.6 Å². The molecule has 0 N–H and O–H groups in total. The number of fused-ring (bicyclic) bond motifs is 3. The number of benzene rings is 2. The summed E-state index contributed by atoms with van der Waals surface area (Å²) < 4.78 is 81.4. The van der Waals surface area contributed by atoms with Crippen LogP contribution in [0.5, 0.6) is 11.5 Å². The van der Waals surface area contributed by atoms with Gasteiger partial charge in [-0.25, -0.2) is 8.78 Å². The molecular formula is C16H12F5NO2. The summed E-state index contributed by atoms with van der Waals surface area (Å²) in [5.74, 6) is -3.51. The topological polar surface area (TPSA) is 21.7 Å². The van der Waals surface area contributed by atoms with Gasteiger partial charge in [0.25, 0.3) is 0 Å². The van der Waals surface area contributed by atoms with E-state index in [-0.39, 0.29) is 23.5 Å². The number of alkyl halides is 2. The van der Waals surface area contributed by atoms with Gasteiger partial charge >= 0.3 is 6.05 Å². The van der Waals surface area contributed by atoms with Crippen LogP contribution in [0.25, 0.3) is 11.1 Å². The van der Waals surface area contributed by atoms with Gasteiger partial charge in [0.05, 0.1) is 19.3 Å². The Kier molecular flexibility index (Phi) is 3.77. The summed E-state index contributed by atoms with van der Waals surface area (Å²) in [6.07, 6.45) is 0. The summed E-state index contributed by atoms with van der Waals surface area (Å²) in [6.45, 7) is 1.64. The van der Waals surface area contributed by atoms with E-state index in [2.05, 4.69) is 4.74 Å². The molecule has 1 aliphatic rings. The number of rotatable bonds is 3. The Morgan fingerprint density at radius 2 is 1.62 bits per heavy atom. The SMILES string of the molecule is CCOc1ccc2c(c1F)N(F)C(F)(F)c1c-2ccc(OC)c1F. The van der Waals surface area contributed by atoms with E-state index in [1.165, 1.54) is 12.1 Å². The Balaban J connectivity index is 2.35. The molecule has 0 unspecified atom stereocenters. The highest BCUT2D eigenvalue weighted by molar-refractivity contribution is 5.86. The van der Waals surface area contributed by atoms with Crippen molar-refractivity contribution in [3.8, 4) is 22.6 Å². The van der Waals surface area contributed by atoms with Gasteiger partial charge in [-0.15, -0.1) is 5.12 Å². The molecule has 8 heteroatoms. The quantitative estimate of drug-likeness (QED) is 0.453. The molecule has 0 aromatic heterocycles. The zero-order valence-electron chi connectivity index (χ0n) is 12.7. The van der Waals surface area contributed by atoms with Gasteiger partial charge in [-0.1, -0.05) is 4.48 Å². The minimum atomic E-state index is -4.41. The molecule has 0 bridgehead atoms. The van der Waals surface area contributed by atoms with Gasteiger partial charge in [0.1, 0.15) is 5.69 Å². The van der Waals surface area contributed by atoms with Crippen molar-refractivity contribution in [3.05, 3.63) is 41.5 Å². The Labute approximate surface area is 134 Å². The lowest BCUT2D eigenvalue weighted by Crippen LogP contribution is -2.38. The first kappa shape index (κ1) is 16.4. The first-order valence-electron chi connectivity index (χ1n) is 7.01. The number of hydrogen-bond donors (Lipinski definition) is 0. The molecule has 128 valence electrons. The monoisotopic (exact) mass is 345 g/mol. The van der Waals surface area contributed by atoms with Crippen LogP contribution in [0, 0.1) is 11.6 Å². The lowest BCUT2D eigenvalue weighted by atomic mass is 9.91. The summed E-state index contributed by atoms with van der Waals surface area (Å²) in [7, 11) is 1.10. The van der Waals surface area contributed by atoms with Crippen LogP contribution in [0.15, 0.2) is 24.3 Å². The summed E-state index contributed by atoms with van der Waals surface area (Å²) in [4.78, 5) is 0. The molecule has 0 aliphatic carbocycles. The zero-order valence-corrected chi connectivity index (χ0v) is 12.7. The third kappa shape index (κ3) is 2.09. The number of methoxy groups -OCH3 is 1. The standard InChI is InChI=1S/C16H12F5NO2/c1-3-24-11-7-5-9-8-4-6-10(23-2)13(17)12(8)16(19,20)22(21)15(9)14(11)18/h4-7H,3H2,1-2H3. The van der Waals surface area contributed by atoms with E-state index in [1.807, 2.05) is 0 Å². The highest BCUT2D eigenvalue weighted by Crippen LogP contribution is 2.53. The predicted molar refractivity (Wildman–Crippen MR) is 77.0 cm³/mol. The van der Waals surface area contributed by atoms with Crippen LogP contribution in [0.1, 0.15) is 12.5 Å². The fourth-order valence-corrected chi connectivity index (χ4v) is 2.69. The largest absolute Gasteiger partial charge is 0.494 e. The first-order chi connectivity index (χ1) is 11.3. The third-order valence-electron chi connectivity index (χ3n) is 3.74. The Morgan fingerprint density at radius 3 is 2.25 bits per heavy atom. The molecule has 2 aromatic carbocycles. The molecule has 2 aromatic rings. The average molecular weight is 345 g/mol. The molecule has 3 nitrogen and oxygen atoms in total. The Hall–Kier alpha value is -2.51. The minimum Gasteiger partial charge on any atom is -0.494 e. The van der Waals surface area contributed by atoms with Gasteiger partial charge in [0.15, 0.2) is 23.1 Å². The van der Waals surface area contributed by atoms with Crippen molar-refractivity contribution >= 4 is 5.69 Å². The molecule has 0 amide bonds. The molecule has 0 radical (unpaired) electrons. The summed E-state index contributed by atoms with van der Waals surface area (Å²) in [6, 6.07) is 0.233. The number of ether oxygens (including phenoxy) is 2. The molecular weight excluding hydrogens is 333 g/mol. The summed E-state index contributed by atoms with van der Waals surface area (Å²) in [5, 5.41) is -1.08. The Morgan fingerprint density at radius 1 is 1.00 bits per heavy atom. The van der Waals surface area contributed by atoms with Crippen LogP contribution in [0.4, 0.5) is 27.7 Å². The fourth-order valence-electron chi connectivity index (χ4n) is 2.69. The lowest BCUT2D eigenvalue weighted by molar-refractivity contribution is -0.0525. The minimum absolute atomic E-state index is 0.0702. The van der Waals surface area contributed by atoms with Crippen molar-refractivity contribution in [1.29, 1.82) is 0 Å². The highest BCUT2D eigenvalue weighted by Gasteiger charge is 2.51. The van der Waals surface area contributed by atoms with E-state index < -0.39 is 39.8 Å². The molecule has 0 atom stereocenters. The third-order valence-corrected chi connectivity index (χ3v) is 3.74. The second kappa shape index (κ2) is 5.54. The van der Waals surface area contributed by atoms with Gasteiger partial charge in [-0.3, -0.25) is 0 Å². The van der Waals surface area contributed by atoms with E-state index in [9.17, 15) is 22.0 Å². The van der Waals surface area contributed by atoms with Gasteiger partial charge in [0.2, 0.25) is 0 Å². The van der Waals surface area contributed by atoms with Gasteiger partial charge in [0, 0.05) is 5.56 Å². The van der Waals surface area contributed by atoms with Crippen LogP contribution >= 0.6 is 0 Å². The lowest BCUT2D eigenvalue weighted by Gasteiger charge is -2.33. The summed E-state index contributed by atoms with van der Waals surface area (Å²) in [5.41, 5.74) is -2.73. The number of halogens is 5. The number of anilines is 1. The van der Waals surface area contributed by atoms with Crippen LogP contribution in [0.2, 0.25) is 0 Å². The number of nitrogens with zero attached hydrogens (tertiary/aromatic N) is 1. The molecule has 0 spiro atoms. The Bertz CT molecular complexity index is 810. The molecule has 3 rings (SSSR count). The molecule has 1 heterocycles. The normalized spacial score (nSPS) is 14.9. The van der Waals surface area contributed by atoms with E-state index in [4.69, 9.17) is 4.74 Å². The van der Waals surface area contributed by atoms with Crippen molar-refractivity contribution in [1.82, 2.24) is 0 Å². The van der Waals surface area contributed by atoms with Crippen LogP contribution in [-0.2, 0) is 6.05 Å². The van der Waals surface area contributed by atoms with E-state index in [0.717, 1.165) is 19.2 Å². The average Bonchev–Trinajstić information content (AvgIpc) is 2.54. The maximum Gasteiger partial charge on any atom is 0.381 e. The molecule has 1 aliphatic heterocycles. The first-order valence-corrected chi connectivity index (χ1v) is 7.01. The van der Waals surface area contributed by atoms with Gasteiger partial charge < -0.3 is 9.47 Å². The van der Waals surface area contributed by atoms with Gasteiger partial charge in [-0.05, 0) is 36.8 Å². The fraction of sp³-hybridized carbons (Fsp3) is 0.250. The summed E-state index contributed by atoms with van der Waals surface area (Å²) >= 11 is 0. The maximum atomic E-state index is 14.4. The van der Waals surface area contributed by atoms with Crippen molar-refractivity contribution in [3.63, 3.8) is 0 Å². The molecule has 24 heavy (non-hydrogen) atoms. The van der Waals surface area contributed by atoms with Gasteiger partial charge in [-0.2, -0.15) is 8.78 Å². The van der Waals surface area contributed by atoms with Crippen molar-refractivity contribution in [2.75, 3.05) is 18.8 Å². The van der Waals surface area contributed by atoms with E-state index in [1.54, 1.807) is 6.92 Å². The smallest absolute Gasteiger partial charge is 0.381 e. The number of hydrogen-bond acceptors (Lipinski definition) is 3. The highest BCUT2D eigenvalue weighted by atomic mass is 19.3. The maximum absolute atomic E-state index is 14.4. The van der Waals surface area contributed by atoms with E-state index >= 15 is 0 Å². The zero-order chi connectivity index (χ0) is 17.6. The second-order valence-electron chi connectivity index (χ2n) is 5.03. The van der Waals surface area contributed by atoms with Crippen molar-refractivity contribution in [2.45, 2.75) is 13.0 Å². The van der Waals surface area contributed by atoms with E-state index in [0.29, 0.717) is 0 Å².